The van der Waals surface area contributed by atoms with Crippen molar-refractivity contribution in [2.75, 3.05) is 6.54 Å². The molecule has 1 aliphatic rings. The van der Waals surface area contributed by atoms with Crippen LogP contribution in [0.3, 0.4) is 0 Å². The molecule has 0 spiro atoms. The lowest BCUT2D eigenvalue weighted by Gasteiger charge is -2.16. The molecule has 0 bridgehead atoms. The average Bonchev–Trinajstić information content (AvgIpc) is 2.73. The zero-order valence-corrected chi connectivity index (χ0v) is 11.9. The molecule has 2 nitrogen and oxygen atoms in total. The summed E-state index contributed by atoms with van der Waals surface area (Å²) in [5.74, 6) is 1.06. The Bertz CT molecular complexity index is 232. The van der Waals surface area contributed by atoms with E-state index >= 15 is 0 Å². The maximum atomic E-state index is 12.0. The van der Waals surface area contributed by atoms with Gasteiger partial charge in [0.25, 0.3) is 0 Å². The minimum absolute atomic E-state index is 0.211. The highest BCUT2D eigenvalue weighted by Crippen LogP contribution is 2.28. The average molecular weight is 260 g/mol. The maximum Gasteiger partial charge on any atom is 0.223 e. The Morgan fingerprint density at radius 3 is 2.71 bits per heavy atom. The number of hydrogen-bond donors (Lipinski definition) is 1. The molecule has 100 valence electrons. The highest BCUT2D eigenvalue weighted by Gasteiger charge is 2.24. The van der Waals surface area contributed by atoms with Crippen LogP contribution in [0, 0.1) is 11.8 Å². The summed E-state index contributed by atoms with van der Waals surface area (Å²) in [5, 5.41) is 3.44. The fourth-order valence-electron chi connectivity index (χ4n) is 2.56. The first-order chi connectivity index (χ1) is 8.17. The van der Waals surface area contributed by atoms with Crippen LogP contribution in [0.15, 0.2) is 0 Å². The number of carbonyl (C=O) groups excluding carboxylic acids is 1. The minimum Gasteiger partial charge on any atom is -0.356 e. The number of halogens is 1. The van der Waals surface area contributed by atoms with Crippen LogP contribution in [0.25, 0.3) is 0 Å². The summed E-state index contributed by atoms with van der Waals surface area (Å²) in [6.07, 6.45) is 7.64. The van der Waals surface area contributed by atoms with E-state index in [1.165, 1.54) is 12.8 Å². The van der Waals surface area contributed by atoms with Crippen LogP contribution >= 0.6 is 11.6 Å². The lowest BCUT2D eigenvalue weighted by atomic mass is 9.98. The van der Waals surface area contributed by atoms with Gasteiger partial charge in [-0.15, -0.1) is 11.6 Å². The lowest BCUT2D eigenvalue weighted by molar-refractivity contribution is -0.125. The first-order valence-corrected chi connectivity index (χ1v) is 7.52. The van der Waals surface area contributed by atoms with Crippen molar-refractivity contribution in [2.24, 2.45) is 11.8 Å². The van der Waals surface area contributed by atoms with Gasteiger partial charge in [0.1, 0.15) is 0 Å². The van der Waals surface area contributed by atoms with E-state index in [-0.39, 0.29) is 11.8 Å². The summed E-state index contributed by atoms with van der Waals surface area (Å²) in [4.78, 5) is 12.0. The number of rotatable bonds is 7. The van der Waals surface area contributed by atoms with Gasteiger partial charge >= 0.3 is 0 Å². The van der Waals surface area contributed by atoms with Crippen molar-refractivity contribution in [3.63, 3.8) is 0 Å². The number of hydrogen-bond acceptors (Lipinski definition) is 1. The van der Waals surface area contributed by atoms with E-state index in [2.05, 4.69) is 19.2 Å². The monoisotopic (exact) mass is 259 g/mol. The zero-order valence-electron chi connectivity index (χ0n) is 11.2. The maximum absolute atomic E-state index is 12.0. The van der Waals surface area contributed by atoms with E-state index in [1.54, 1.807) is 0 Å². The SMILES string of the molecule is CCCCC(CC)C(=O)NCC1CCC(Cl)C1. The second-order valence-electron chi connectivity index (χ2n) is 5.27. The van der Waals surface area contributed by atoms with Gasteiger partial charge in [0.2, 0.25) is 5.91 Å². The molecule has 17 heavy (non-hydrogen) atoms. The van der Waals surface area contributed by atoms with Crippen molar-refractivity contribution >= 4 is 17.5 Å². The van der Waals surface area contributed by atoms with Crippen LogP contribution in [0.1, 0.15) is 58.8 Å². The molecule has 0 heterocycles. The summed E-state index contributed by atoms with van der Waals surface area (Å²) >= 11 is 6.07. The van der Waals surface area contributed by atoms with E-state index in [9.17, 15) is 4.79 Å². The molecule has 1 N–H and O–H groups in total. The number of nitrogens with one attached hydrogen (secondary N) is 1. The number of unbranched alkanes of at least 4 members (excludes halogenated alkanes) is 1. The van der Waals surface area contributed by atoms with Gasteiger partial charge in [0.15, 0.2) is 0 Å². The Kier molecular flexibility index (Phi) is 6.94. The van der Waals surface area contributed by atoms with Gasteiger partial charge in [-0.2, -0.15) is 0 Å². The zero-order chi connectivity index (χ0) is 12.7. The first kappa shape index (κ1) is 14.8. The third-order valence-electron chi connectivity index (χ3n) is 3.81. The molecular formula is C14H26ClNO. The van der Waals surface area contributed by atoms with Crippen molar-refractivity contribution in [3.8, 4) is 0 Å². The topological polar surface area (TPSA) is 29.1 Å². The predicted molar refractivity (Wildman–Crippen MR) is 73.3 cm³/mol. The molecule has 0 saturated heterocycles. The van der Waals surface area contributed by atoms with Gasteiger partial charge in [-0.05, 0) is 38.0 Å². The predicted octanol–water partition coefficient (Wildman–Crippen LogP) is 3.73. The summed E-state index contributed by atoms with van der Waals surface area (Å²) in [6, 6.07) is 0. The number of alkyl halides is 1. The van der Waals surface area contributed by atoms with Gasteiger partial charge in [-0.1, -0.05) is 26.7 Å². The second-order valence-corrected chi connectivity index (χ2v) is 5.89. The van der Waals surface area contributed by atoms with Crippen LogP contribution in [0.4, 0.5) is 0 Å². The standard InChI is InChI=1S/C14H26ClNO/c1-3-5-6-12(4-2)14(17)16-10-11-7-8-13(15)9-11/h11-13H,3-10H2,1-2H3,(H,16,17). The molecule has 0 aromatic heterocycles. The van der Waals surface area contributed by atoms with Crippen molar-refractivity contribution in [2.45, 2.75) is 64.2 Å². The number of amides is 1. The van der Waals surface area contributed by atoms with Crippen LogP contribution in [-0.4, -0.2) is 17.8 Å². The van der Waals surface area contributed by atoms with E-state index < -0.39 is 0 Å². The minimum atomic E-state index is 0.211. The van der Waals surface area contributed by atoms with E-state index in [0.29, 0.717) is 11.3 Å². The highest BCUT2D eigenvalue weighted by molar-refractivity contribution is 6.20. The summed E-state index contributed by atoms with van der Waals surface area (Å²) in [5.41, 5.74) is 0. The third-order valence-corrected chi connectivity index (χ3v) is 4.21. The fraction of sp³-hybridized carbons (Fsp3) is 0.929. The molecule has 3 atom stereocenters. The van der Waals surface area contributed by atoms with E-state index in [0.717, 1.165) is 38.6 Å². The lowest BCUT2D eigenvalue weighted by Crippen LogP contribution is -2.33. The third kappa shape index (κ3) is 5.29. The van der Waals surface area contributed by atoms with Crippen molar-refractivity contribution in [3.05, 3.63) is 0 Å². The second kappa shape index (κ2) is 7.97. The Hall–Kier alpha value is -0.240. The summed E-state index contributed by atoms with van der Waals surface area (Å²) in [6.45, 7) is 5.10. The first-order valence-electron chi connectivity index (χ1n) is 7.09. The highest BCUT2D eigenvalue weighted by atomic mass is 35.5. The molecule has 0 radical (unpaired) electrons. The van der Waals surface area contributed by atoms with Crippen molar-refractivity contribution < 1.29 is 4.79 Å². The van der Waals surface area contributed by atoms with Crippen molar-refractivity contribution in [1.29, 1.82) is 0 Å². The molecule has 0 aromatic carbocycles. The van der Waals surface area contributed by atoms with Crippen LogP contribution < -0.4 is 5.32 Å². The van der Waals surface area contributed by atoms with Crippen LogP contribution in [-0.2, 0) is 4.79 Å². The molecule has 1 saturated carbocycles. The van der Waals surface area contributed by atoms with Crippen LogP contribution in [0.5, 0.6) is 0 Å². The molecule has 1 fully saturated rings. The Morgan fingerprint density at radius 1 is 1.41 bits per heavy atom. The smallest absolute Gasteiger partial charge is 0.223 e. The fourth-order valence-corrected chi connectivity index (χ4v) is 2.94. The largest absolute Gasteiger partial charge is 0.356 e. The Labute approximate surface area is 110 Å². The quantitative estimate of drug-likeness (QED) is 0.694. The van der Waals surface area contributed by atoms with E-state index in [4.69, 9.17) is 11.6 Å². The van der Waals surface area contributed by atoms with Gasteiger partial charge in [-0.25, -0.2) is 0 Å². The van der Waals surface area contributed by atoms with Gasteiger partial charge in [0.05, 0.1) is 0 Å². The Morgan fingerprint density at radius 2 is 2.18 bits per heavy atom. The molecule has 1 aliphatic carbocycles. The van der Waals surface area contributed by atoms with Crippen molar-refractivity contribution in [1.82, 2.24) is 5.32 Å². The van der Waals surface area contributed by atoms with Gasteiger partial charge in [-0.3, -0.25) is 4.79 Å². The normalized spacial score (nSPS) is 25.8. The number of carbonyl (C=O) groups is 1. The molecular weight excluding hydrogens is 234 g/mol. The van der Waals surface area contributed by atoms with Gasteiger partial charge < -0.3 is 5.32 Å². The van der Waals surface area contributed by atoms with Crippen LogP contribution in [0.2, 0.25) is 0 Å². The van der Waals surface area contributed by atoms with E-state index in [1.807, 2.05) is 0 Å². The van der Waals surface area contributed by atoms with Gasteiger partial charge in [0, 0.05) is 17.8 Å². The Balaban J connectivity index is 2.22. The molecule has 1 amide bonds. The molecule has 0 aliphatic heterocycles. The molecule has 0 aromatic rings. The molecule has 3 heteroatoms. The molecule has 3 unspecified atom stereocenters. The molecule has 1 rings (SSSR count). The summed E-state index contributed by atoms with van der Waals surface area (Å²) < 4.78 is 0. The summed E-state index contributed by atoms with van der Waals surface area (Å²) in [7, 11) is 0.